The van der Waals surface area contributed by atoms with Gasteiger partial charge in [0.05, 0.1) is 27.7 Å². The van der Waals surface area contributed by atoms with Crippen molar-refractivity contribution >= 4 is 45.8 Å². The van der Waals surface area contributed by atoms with Gasteiger partial charge in [-0.2, -0.15) is 0 Å². The van der Waals surface area contributed by atoms with E-state index in [4.69, 9.17) is 39.5 Å². The Morgan fingerprint density at radius 3 is 2.53 bits per heavy atom. The number of rotatable bonds is 1. The zero-order valence-electron chi connectivity index (χ0n) is 9.42. The van der Waals surface area contributed by atoms with Gasteiger partial charge in [-0.1, -0.05) is 23.2 Å². The molecule has 3 atom stereocenters. The highest BCUT2D eigenvalue weighted by atomic mass is 35.5. The van der Waals surface area contributed by atoms with Crippen LogP contribution in [0.15, 0.2) is 12.1 Å². The summed E-state index contributed by atoms with van der Waals surface area (Å²) >= 11 is 17.9. The van der Waals surface area contributed by atoms with Crippen LogP contribution in [0.25, 0.3) is 11.0 Å². The maximum Gasteiger partial charge on any atom is 0.206 e. The average molecular weight is 324 g/mol. The summed E-state index contributed by atoms with van der Waals surface area (Å²) in [7, 11) is 0. The summed E-state index contributed by atoms with van der Waals surface area (Å²) in [6.07, 6.45) is -2.84. The number of aliphatic hydroxyl groups excluding tert-OH is 2. The SMILES string of the molecule is O[C@@H]1COC(n2c(Cl)nc3cc(Cl)c(Cl)cc32)[C@@H]1O. The van der Waals surface area contributed by atoms with E-state index in [1.165, 1.54) is 4.57 Å². The second-order valence-corrected chi connectivity index (χ2v) is 5.44. The van der Waals surface area contributed by atoms with E-state index in [9.17, 15) is 10.2 Å². The first kappa shape index (κ1) is 13.4. The molecule has 1 fully saturated rings. The standard InChI is InChI=1S/C11H9Cl3N2O3/c12-4-1-6-7(2-5(4)13)16(11(14)15-6)10-9(18)8(17)3-19-10/h1-2,8-10,17-18H,3H2/t8-,9-,10?/m1/s1. The van der Waals surface area contributed by atoms with Crippen LogP contribution in [0.5, 0.6) is 0 Å². The molecule has 1 aromatic heterocycles. The lowest BCUT2D eigenvalue weighted by atomic mass is 10.2. The molecule has 3 rings (SSSR count). The van der Waals surface area contributed by atoms with Gasteiger partial charge in [0.2, 0.25) is 5.28 Å². The van der Waals surface area contributed by atoms with Gasteiger partial charge in [0, 0.05) is 0 Å². The monoisotopic (exact) mass is 322 g/mol. The van der Waals surface area contributed by atoms with E-state index in [1.807, 2.05) is 0 Å². The highest BCUT2D eigenvalue weighted by molar-refractivity contribution is 6.42. The van der Waals surface area contributed by atoms with Crippen molar-refractivity contribution in [3.8, 4) is 0 Å². The van der Waals surface area contributed by atoms with Gasteiger partial charge in [-0.05, 0) is 23.7 Å². The zero-order valence-corrected chi connectivity index (χ0v) is 11.7. The molecule has 0 radical (unpaired) electrons. The Morgan fingerprint density at radius 1 is 1.21 bits per heavy atom. The molecule has 0 saturated carbocycles. The van der Waals surface area contributed by atoms with Gasteiger partial charge in [-0.3, -0.25) is 4.57 Å². The van der Waals surface area contributed by atoms with Gasteiger partial charge < -0.3 is 14.9 Å². The van der Waals surface area contributed by atoms with E-state index in [0.717, 1.165) is 0 Å². The predicted octanol–water partition coefficient (Wildman–Crippen LogP) is 2.25. The molecule has 1 aliphatic heterocycles. The fraction of sp³-hybridized carbons (Fsp3) is 0.364. The van der Waals surface area contributed by atoms with E-state index >= 15 is 0 Å². The van der Waals surface area contributed by atoms with E-state index < -0.39 is 18.4 Å². The minimum atomic E-state index is -1.08. The number of hydrogen-bond acceptors (Lipinski definition) is 4. The van der Waals surface area contributed by atoms with Crippen molar-refractivity contribution in [1.82, 2.24) is 9.55 Å². The molecule has 19 heavy (non-hydrogen) atoms. The fourth-order valence-electron chi connectivity index (χ4n) is 2.11. The molecule has 8 heteroatoms. The zero-order chi connectivity index (χ0) is 13.7. The molecular weight excluding hydrogens is 314 g/mol. The number of aliphatic hydroxyl groups is 2. The molecule has 2 heterocycles. The number of ether oxygens (including phenoxy) is 1. The van der Waals surface area contributed by atoms with Crippen molar-refractivity contribution in [3.63, 3.8) is 0 Å². The molecule has 2 aromatic rings. The van der Waals surface area contributed by atoms with Crippen LogP contribution in [0, 0.1) is 0 Å². The third-order valence-corrected chi connectivity index (χ3v) is 4.06. The number of aromatic nitrogens is 2. The van der Waals surface area contributed by atoms with E-state index in [0.29, 0.717) is 21.1 Å². The molecule has 0 spiro atoms. The molecule has 2 N–H and O–H groups in total. The first-order valence-electron chi connectivity index (χ1n) is 5.49. The summed E-state index contributed by atoms with van der Waals surface area (Å²) < 4.78 is 6.83. The second-order valence-electron chi connectivity index (χ2n) is 4.29. The number of hydrogen-bond donors (Lipinski definition) is 2. The van der Waals surface area contributed by atoms with Crippen LogP contribution in [-0.4, -0.2) is 38.6 Å². The van der Waals surface area contributed by atoms with Gasteiger partial charge in [0.15, 0.2) is 6.23 Å². The topological polar surface area (TPSA) is 67.5 Å². The van der Waals surface area contributed by atoms with Crippen LogP contribution < -0.4 is 0 Å². The van der Waals surface area contributed by atoms with Gasteiger partial charge in [0.25, 0.3) is 0 Å². The molecular formula is C11H9Cl3N2O3. The van der Waals surface area contributed by atoms with Crippen molar-refractivity contribution in [2.24, 2.45) is 0 Å². The molecule has 0 bridgehead atoms. The maximum absolute atomic E-state index is 9.90. The lowest BCUT2D eigenvalue weighted by molar-refractivity contribution is -0.0158. The van der Waals surface area contributed by atoms with Crippen molar-refractivity contribution in [3.05, 3.63) is 27.5 Å². The van der Waals surface area contributed by atoms with Crippen molar-refractivity contribution in [1.29, 1.82) is 0 Å². The van der Waals surface area contributed by atoms with Crippen LogP contribution in [0.4, 0.5) is 0 Å². The number of fused-ring (bicyclic) bond motifs is 1. The number of halogens is 3. The summed E-state index contributed by atoms with van der Waals surface area (Å²) in [6.45, 7) is 0.0309. The Labute approximate surface area is 123 Å². The average Bonchev–Trinajstić information content (AvgIpc) is 2.82. The largest absolute Gasteiger partial charge is 0.388 e. The van der Waals surface area contributed by atoms with Crippen LogP contribution in [0.3, 0.4) is 0 Å². The number of imidazole rings is 1. The molecule has 102 valence electrons. The van der Waals surface area contributed by atoms with Crippen LogP contribution in [0.2, 0.25) is 15.3 Å². The maximum atomic E-state index is 9.90. The van der Waals surface area contributed by atoms with Gasteiger partial charge in [0.1, 0.15) is 12.2 Å². The predicted molar refractivity (Wildman–Crippen MR) is 71.8 cm³/mol. The number of nitrogens with zero attached hydrogens (tertiary/aromatic N) is 2. The fourth-order valence-corrected chi connectivity index (χ4v) is 2.71. The van der Waals surface area contributed by atoms with Crippen LogP contribution in [-0.2, 0) is 4.74 Å². The molecule has 0 amide bonds. The summed E-state index contributed by atoms with van der Waals surface area (Å²) in [5.74, 6) is 0. The van der Waals surface area contributed by atoms with E-state index in [2.05, 4.69) is 4.98 Å². The first-order chi connectivity index (χ1) is 8.99. The van der Waals surface area contributed by atoms with Gasteiger partial charge in [-0.15, -0.1) is 0 Å². The molecule has 1 saturated heterocycles. The molecule has 1 aliphatic rings. The second kappa shape index (κ2) is 4.77. The minimum absolute atomic E-state index is 0.0309. The quantitative estimate of drug-likeness (QED) is 0.844. The van der Waals surface area contributed by atoms with Crippen molar-refractivity contribution in [2.75, 3.05) is 6.61 Å². The van der Waals surface area contributed by atoms with E-state index in [1.54, 1.807) is 12.1 Å². The molecule has 1 aromatic carbocycles. The summed E-state index contributed by atoms with van der Waals surface area (Å²) in [5, 5.41) is 20.3. The Bertz CT molecular complexity index is 646. The lowest BCUT2D eigenvalue weighted by Crippen LogP contribution is -2.28. The highest BCUT2D eigenvalue weighted by Crippen LogP contribution is 2.35. The molecule has 1 unspecified atom stereocenters. The molecule has 5 nitrogen and oxygen atoms in total. The van der Waals surface area contributed by atoms with Crippen LogP contribution >= 0.6 is 34.8 Å². The summed E-state index contributed by atoms with van der Waals surface area (Å²) in [4.78, 5) is 4.13. The third-order valence-electron chi connectivity index (χ3n) is 3.07. The number of benzene rings is 1. The van der Waals surface area contributed by atoms with Gasteiger partial charge in [-0.25, -0.2) is 4.98 Å². The van der Waals surface area contributed by atoms with E-state index in [-0.39, 0.29) is 11.9 Å². The normalized spacial score (nSPS) is 27.3. The molecule has 0 aliphatic carbocycles. The third kappa shape index (κ3) is 2.11. The first-order valence-corrected chi connectivity index (χ1v) is 6.62. The van der Waals surface area contributed by atoms with Crippen LogP contribution in [0.1, 0.15) is 6.23 Å². The smallest absolute Gasteiger partial charge is 0.206 e. The summed E-state index contributed by atoms with van der Waals surface area (Å²) in [5.41, 5.74) is 1.12. The Kier molecular flexibility index (Phi) is 3.37. The van der Waals surface area contributed by atoms with Gasteiger partial charge >= 0.3 is 0 Å². The Morgan fingerprint density at radius 2 is 1.89 bits per heavy atom. The minimum Gasteiger partial charge on any atom is -0.388 e. The highest BCUT2D eigenvalue weighted by Gasteiger charge is 2.37. The van der Waals surface area contributed by atoms with Crippen molar-refractivity contribution in [2.45, 2.75) is 18.4 Å². The summed E-state index contributed by atoms with van der Waals surface area (Å²) in [6, 6.07) is 3.18. The van der Waals surface area contributed by atoms with Crippen molar-refractivity contribution < 1.29 is 14.9 Å². The lowest BCUT2D eigenvalue weighted by Gasteiger charge is -2.18. The Balaban J connectivity index is 2.18. The Hall–Kier alpha value is -0.560.